The maximum atomic E-state index is 12.2. The van der Waals surface area contributed by atoms with Gasteiger partial charge in [-0.3, -0.25) is 4.79 Å². The number of esters is 1. The first kappa shape index (κ1) is 20.2. The Balaban J connectivity index is 1.87. The molecule has 2 atom stereocenters. The molecule has 0 bridgehead atoms. The van der Waals surface area contributed by atoms with Crippen LogP contribution in [0.25, 0.3) is 0 Å². The van der Waals surface area contributed by atoms with Crippen LogP contribution in [-0.4, -0.2) is 29.5 Å². The molecule has 28 heavy (non-hydrogen) atoms. The van der Waals surface area contributed by atoms with Gasteiger partial charge in [-0.25, -0.2) is 0 Å². The Morgan fingerprint density at radius 1 is 1.00 bits per heavy atom. The molecule has 1 fully saturated rings. The second-order valence-corrected chi connectivity index (χ2v) is 8.00. The molecule has 5 heteroatoms. The van der Waals surface area contributed by atoms with Gasteiger partial charge in [-0.1, -0.05) is 60.7 Å². The SMILES string of the molecule is C[C@@H]1OC(c2ccccc2)(c2ccccc2)O[C@H]1C(=N)CC(=O)OC(C)(C)C. The van der Waals surface area contributed by atoms with E-state index in [0.29, 0.717) is 0 Å². The summed E-state index contributed by atoms with van der Waals surface area (Å²) in [5, 5.41) is 8.45. The Bertz CT molecular complexity index is 787. The summed E-state index contributed by atoms with van der Waals surface area (Å²) in [7, 11) is 0. The van der Waals surface area contributed by atoms with Gasteiger partial charge >= 0.3 is 5.97 Å². The molecule has 5 nitrogen and oxygen atoms in total. The van der Waals surface area contributed by atoms with Crippen LogP contribution in [0.3, 0.4) is 0 Å². The van der Waals surface area contributed by atoms with Gasteiger partial charge in [0, 0.05) is 11.1 Å². The molecular formula is C23H27NO4. The standard InChI is InChI=1S/C23H27NO4/c1-16-21(19(24)15-20(25)27-22(2,3)4)28-23(26-16,17-11-7-5-8-12-17)18-13-9-6-10-14-18/h5-14,16,21,24H,15H2,1-4H3/t16-,21+/m0/s1. The van der Waals surface area contributed by atoms with Gasteiger partial charge in [-0.15, -0.1) is 0 Å². The highest BCUT2D eigenvalue weighted by molar-refractivity contribution is 6.00. The lowest BCUT2D eigenvalue weighted by atomic mass is 9.97. The molecule has 0 aliphatic carbocycles. The molecule has 0 spiro atoms. The van der Waals surface area contributed by atoms with Gasteiger partial charge in [-0.05, 0) is 27.7 Å². The van der Waals surface area contributed by atoms with Crippen LogP contribution in [0.15, 0.2) is 60.7 Å². The van der Waals surface area contributed by atoms with Crippen molar-refractivity contribution in [3.05, 3.63) is 71.8 Å². The second-order valence-electron chi connectivity index (χ2n) is 8.00. The van der Waals surface area contributed by atoms with Crippen LogP contribution >= 0.6 is 0 Å². The van der Waals surface area contributed by atoms with Crippen LogP contribution in [0.1, 0.15) is 45.2 Å². The van der Waals surface area contributed by atoms with E-state index >= 15 is 0 Å². The molecule has 1 aliphatic heterocycles. The molecule has 1 saturated heterocycles. The first-order valence-corrected chi connectivity index (χ1v) is 9.47. The Labute approximate surface area is 166 Å². The normalized spacial score (nSPS) is 21.3. The van der Waals surface area contributed by atoms with Crippen molar-refractivity contribution in [1.82, 2.24) is 0 Å². The number of carbonyl (C=O) groups is 1. The third kappa shape index (κ3) is 4.32. The fraction of sp³-hybridized carbons (Fsp3) is 0.391. The highest BCUT2D eigenvalue weighted by atomic mass is 16.8. The zero-order valence-electron chi connectivity index (χ0n) is 16.8. The third-order valence-electron chi connectivity index (χ3n) is 4.48. The molecule has 2 aromatic rings. The first-order valence-electron chi connectivity index (χ1n) is 9.47. The molecule has 0 radical (unpaired) electrons. The maximum Gasteiger partial charge on any atom is 0.312 e. The number of carbonyl (C=O) groups excluding carboxylic acids is 1. The van der Waals surface area contributed by atoms with Crippen LogP contribution in [-0.2, 0) is 24.8 Å². The number of hydrogen-bond acceptors (Lipinski definition) is 5. The second kappa shape index (κ2) is 7.86. The van der Waals surface area contributed by atoms with Crippen LogP contribution in [0.2, 0.25) is 0 Å². The first-order chi connectivity index (χ1) is 13.2. The number of ether oxygens (including phenoxy) is 3. The summed E-state index contributed by atoms with van der Waals surface area (Å²) in [6.45, 7) is 7.29. The largest absolute Gasteiger partial charge is 0.460 e. The van der Waals surface area contributed by atoms with E-state index in [2.05, 4.69) is 0 Å². The topological polar surface area (TPSA) is 68.6 Å². The van der Waals surface area contributed by atoms with Crippen LogP contribution in [0, 0.1) is 5.41 Å². The monoisotopic (exact) mass is 381 g/mol. The molecule has 0 unspecified atom stereocenters. The van der Waals surface area contributed by atoms with E-state index in [1.807, 2.05) is 88.4 Å². The van der Waals surface area contributed by atoms with Crippen molar-refractivity contribution in [1.29, 1.82) is 5.41 Å². The van der Waals surface area contributed by atoms with E-state index in [0.717, 1.165) is 11.1 Å². The molecule has 148 valence electrons. The third-order valence-corrected chi connectivity index (χ3v) is 4.48. The molecular weight excluding hydrogens is 354 g/mol. The number of rotatable bonds is 5. The minimum Gasteiger partial charge on any atom is -0.460 e. The van der Waals surface area contributed by atoms with Gasteiger partial charge in [-0.2, -0.15) is 0 Å². The van der Waals surface area contributed by atoms with E-state index in [9.17, 15) is 4.79 Å². The average molecular weight is 381 g/mol. The summed E-state index contributed by atoms with van der Waals surface area (Å²) in [4.78, 5) is 12.2. The smallest absolute Gasteiger partial charge is 0.312 e. The van der Waals surface area contributed by atoms with Crippen LogP contribution < -0.4 is 0 Å². The summed E-state index contributed by atoms with van der Waals surface area (Å²) in [6.07, 6.45) is -1.17. The highest BCUT2D eigenvalue weighted by Gasteiger charge is 2.50. The molecule has 1 heterocycles. The fourth-order valence-corrected chi connectivity index (χ4v) is 3.37. The van der Waals surface area contributed by atoms with Crippen LogP contribution in [0.5, 0.6) is 0 Å². The lowest BCUT2D eigenvalue weighted by molar-refractivity contribution is -0.154. The van der Waals surface area contributed by atoms with Gasteiger partial charge in [0.1, 0.15) is 11.7 Å². The Hall–Kier alpha value is -2.50. The van der Waals surface area contributed by atoms with Gasteiger partial charge in [0.05, 0.1) is 18.2 Å². The van der Waals surface area contributed by atoms with Crippen molar-refractivity contribution in [2.45, 2.75) is 57.7 Å². The van der Waals surface area contributed by atoms with Crippen molar-refractivity contribution in [2.75, 3.05) is 0 Å². The molecule has 0 aromatic heterocycles. The average Bonchev–Trinajstić information content (AvgIpc) is 3.00. The van der Waals surface area contributed by atoms with E-state index in [-0.39, 0.29) is 12.1 Å². The van der Waals surface area contributed by atoms with Gasteiger partial charge in [0.15, 0.2) is 0 Å². The van der Waals surface area contributed by atoms with Gasteiger partial charge < -0.3 is 19.6 Å². The van der Waals surface area contributed by atoms with Crippen molar-refractivity contribution >= 4 is 11.7 Å². The van der Waals surface area contributed by atoms with Crippen molar-refractivity contribution in [3.8, 4) is 0 Å². The van der Waals surface area contributed by atoms with E-state index in [4.69, 9.17) is 19.6 Å². The van der Waals surface area contributed by atoms with E-state index < -0.39 is 29.6 Å². The summed E-state index contributed by atoms with van der Waals surface area (Å²) >= 11 is 0. The highest BCUT2D eigenvalue weighted by Crippen LogP contribution is 2.43. The summed E-state index contributed by atoms with van der Waals surface area (Å²) < 4.78 is 18.0. The van der Waals surface area contributed by atoms with Gasteiger partial charge in [0.2, 0.25) is 5.79 Å². The maximum absolute atomic E-state index is 12.2. The minimum atomic E-state index is -1.12. The molecule has 1 N–H and O–H groups in total. The predicted molar refractivity (Wildman–Crippen MR) is 107 cm³/mol. The predicted octanol–water partition coefficient (Wildman–Crippen LogP) is 4.44. The van der Waals surface area contributed by atoms with Crippen molar-refractivity contribution in [3.63, 3.8) is 0 Å². The molecule has 2 aromatic carbocycles. The zero-order chi connectivity index (χ0) is 20.4. The quantitative estimate of drug-likeness (QED) is 0.614. The number of nitrogens with one attached hydrogen (secondary N) is 1. The Morgan fingerprint density at radius 3 is 1.96 bits per heavy atom. The Kier molecular flexibility index (Phi) is 5.68. The summed E-state index contributed by atoms with van der Waals surface area (Å²) in [6, 6.07) is 19.4. The summed E-state index contributed by atoms with van der Waals surface area (Å²) in [5.74, 6) is -1.56. The molecule has 0 saturated carbocycles. The molecule has 1 aliphatic rings. The van der Waals surface area contributed by atoms with Crippen molar-refractivity contribution in [2.24, 2.45) is 0 Å². The lowest BCUT2D eigenvalue weighted by Crippen LogP contribution is -2.34. The lowest BCUT2D eigenvalue weighted by Gasteiger charge is -2.29. The zero-order valence-corrected chi connectivity index (χ0v) is 16.8. The molecule has 0 amide bonds. The van der Waals surface area contributed by atoms with Crippen LogP contribution in [0.4, 0.5) is 0 Å². The number of hydrogen-bond donors (Lipinski definition) is 1. The van der Waals surface area contributed by atoms with Gasteiger partial charge in [0.25, 0.3) is 0 Å². The fourth-order valence-electron chi connectivity index (χ4n) is 3.37. The molecule has 3 rings (SSSR count). The van der Waals surface area contributed by atoms with E-state index in [1.165, 1.54) is 0 Å². The Morgan fingerprint density at radius 2 is 1.50 bits per heavy atom. The van der Waals surface area contributed by atoms with E-state index in [1.54, 1.807) is 0 Å². The van der Waals surface area contributed by atoms with Crippen molar-refractivity contribution < 1.29 is 19.0 Å². The minimum absolute atomic E-state index is 0.130. The number of benzene rings is 2. The summed E-state index contributed by atoms with van der Waals surface area (Å²) in [5.41, 5.74) is 1.25.